The number of hydrogen-bond acceptors (Lipinski definition) is 5. The van der Waals surface area contributed by atoms with Gasteiger partial charge in [-0.2, -0.15) is 0 Å². The Morgan fingerprint density at radius 2 is 2.06 bits per heavy atom. The molecule has 1 heterocycles. The second-order valence-corrected chi connectivity index (χ2v) is 6.09. The summed E-state index contributed by atoms with van der Waals surface area (Å²) in [4.78, 5) is 8.97. The number of aromatic nitrogens is 2. The molecule has 1 aromatic rings. The number of nitrogens with zero attached hydrogens (tertiary/aromatic N) is 2. The van der Waals surface area contributed by atoms with Crippen molar-refractivity contribution in [2.24, 2.45) is 5.84 Å². The van der Waals surface area contributed by atoms with Crippen LogP contribution in [0, 0.1) is 0 Å². The number of anilines is 1. The first-order chi connectivity index (χ1) is 8.19. The molecule has 1 aliphatic carbocycles. The normalized spacial score (nSPS) is 16.7. The second kappa shape index (κ2) is 5.69. The smallest absolute Gasteiger partial charge is 0.144 e. The number of nitrogens with two attached hydrogens (primary N) is 1. The Balaban J connectivity index is 2.16. The molecule has 1 aromatic heterocycles. The number of hydrazine groups is 1. The summed E-state index contributed by atoms with van der Waals surface area (Å²) < 4.78 is 0. The van der Waals surface area contributed by atoms with E-state index < -0.39 is 0 Å². The quantitative estimate of drug-likeness (QED) is 0.490. The summed E-state index contributed by atoms with van der Waals surface area (Å²) in [5, 5.41) is 1.76. The average molecular weight is 252 g/mol. The average Bonchev–Trinajstić information content (AvgIpc) is 2.81. The van der Waals surface area contributed by atoms with Crippen LogP contribution in [0.2, 0.25) is 0 Å². The molecule has 4 nitrogen and oxygen atoms in total. The fourth-order valence-corrected chi connectivity index (χ4v) is 3.25. The molecule has 0 unspecified atom stereocenters. The van der Waals surface area contributed by atoms with Gasteiger partial charge in [-0.1, -0.05) is 26.7 Å². The molecule has 0 spiro atoms. The largest absolute Gasteiger partial charge is 0.308 e. The molecule has 0 amide bonds. The molecule has 1 fully saturated rings. The lowest BCUT2D eigenvalue weighted by Crippen LogP contribution is -2.11. The van der Waals surface area contributed by atoms with Crippen molar-refractivity contribution in [2.75, 3.05) is 5.43 Å². The van der Waals surface area contributed by atoms with Crippen LogP contribution < -0.4 is 11.3 Å². The highest BCUT2D eigenvalue weighted by Gasteiger charge is 2.18. The monoisotopic (exact) mass is 252 g/mol. The highest BCUT2D eigenvalue weighted by molar-refractivity contribution is 7.99. The van der Waals surface area contributed by atoms with Gasteiger partial charge < -0.3 is 5.43 Å². The van der Waals surface area contributed by atoms with Gasteiger partial charge in [0.1, 0.15) is 16.7 Å². The lowest BCUT2D eigenvalue weighted by Gasteiger charge is -2.12. The van der Waals surface area contributed by atoms with Crippen LogP contribution in [0.15, 0.2) is 11.1 Å². The predicted octanol–water partition coefficient (Wildman–Crippen LogP) is 2.92. The zero-order chi connectivity index (χ0) is 12.3. The molecule has 0 saturated heterocycles. The molecule has 0 radical (unpaired) electrons. The highest BCUT2D eigenvalue weighted by atomic mass is 32.2. The molecule has 94 valence electrons. The van der Waals surface area contributed by atoms with E-state index in [9.17, 15) is 0 Å². The Kier molecular flexibility index (Phi) is 4.23. The minimum atomic E-state index is 0.325. The van der Waals surface area contributed by atoms with E-state index in [-0.39, 0.29) is 0 Å². The molecule has 1 saturated carbocycles. The summed E-state index contributed by atoms with van der Waals surface area (Å²) >= 11 is 1.87. The first kappa shape index (κ1) is 12.6. The van der Waals surface area contributed by atoms with E-state index >= 15 is 0 Å². The van der Waals surface area contributed by atoms with Gasteiger partial charge >= 0.3 is 0 Å². The Morgan fingerprint density at radius 1 is 1.35 bits per heavy atom. The Labute approximate surface area is 107 Å². The minimum absolute atomic E-state index is 0.325. The van der Waals surface area contributed by atoms with Crippen molar-refractivity contribution in [1.29, 1.82) is 0 Å². The number of hydrogen-bond donors (Lipinski definition) is 2. The molecule has 2 rings (SSSR count). The maximum atomic E-state index is 5.45. The summed E-state index contributed by atoms with van der Waals surface area (Å²) in [5.41, 5.74) is 2.62. The fraction of sp³-hybridized carbons (Fsp3) is 0.667. The molecule has 17 heavy (non-hydrogen) atoms. The summed E-state index contributed by atoms with van der Waals surface area (Å²) in [6.45, 7) is 4.19. The van der Waals surface area contributed by atoms with Crippen molar-refractivity contribution < 1.29 is 0 Å². The molecule has 3 N–H and O–H groups in total. The Bertz CT molecular complexity index is 375. The van der Waals surface area contributed by atoms with E-state index in [2.05, 4.69) is 29.2 Å². The van der Waals surface area contributed by atoms with Gasteiger partial charge in [-0.05, 0) is 12.8 Å². The van der Waals surface area contributed by atoms with E-state index in [4.69, 9.17) is 5.84 Å². The van der Waals surface area contributed by atoms with Gasteiger partial charge in [-0.3, -0.25) is 0 Å². The van der Waals surface area contributed by atoms with Crippen molar-refractivity contribution in [2.45, 2.75) is 55.7 Å². The molecule has 0 aromatic carbocycles. The zero-order valence-electron chi connectivity index (χ0n) is 10.4. The first-order valence-corrected chi connectivity index (χ1v) is 7.09. The van der Waals surface area contributed by atoms with Crippen LogP contribution >= 0.6 is 11.8 Å². The zero-order valence-corrected chi connectivity index (χ0v) is 11.3. The standard InChI is InChI=1S/C12H20N4S/c1-8(2)12-14-10(16-13)7-11(15-12)17-9-5-3-4-6-9/h7-9H,3-6,13H2,1-2H3,(H,14,15,16). The fourth-order valence-electron chi connectivity index (χ4n) is 2.01. The molecule has 5 heteroatoms. The summed E-state index contributed by atoms with van der Waals surface area (Å²) in [6.07, 6.45) is 5.30. The highest BCUT2D eigenvalue weighted by Crippen LogP contribution is 2.34. The van der Waals surface area contributed by atoms with Crippen LogP contribution in [0.1, 0.15) is 51.3 Å². The lowest BCUT2D eigenvalue weighted by molar-refractivity contribution is 0.753. The Hall–Kier alpha value is -0.810. The number of thioether (sulfide) groups is 1. The molecular formula is C12H20N4S. The van der Waals surface area contributed by atoms with E-state index in [1.165, 1.54) is 25.7 Å². The Morgan fingerprint density at radius 3 is 2.65 bits per heavy atom. The van der Waals surface area contributed by atoms with Crippen molar-refractivity contribution in [3.8, 4) is 0 Å². The van der Waals surface area contributed by atoms with E-state index in [0.29, 0.717) is 11.7 Å². The van der Waals surface area contributed by atoms with Crippen LogP contribution in [0.3, 0.4) is 0 Å². The van der Waals surface area contributed by atoms with Gasteiger partial charge in [0.05, 0.1) is 0 Å². The van der Waals surface area contributed by atoms with Gasteiger partial charge in [0.25, 0.3) is 0 Å². The van der Waals surface area contributed by atoms with Gasteiger partial charge in [-0.15, -0.1) is 11.8 Å². The SMILES string of the molecule is CC(C)c1nc(NN)cc(SC2CCCC2)n1. The van der Waals surface area contributed by atoms with E-state index in [1.807, 2.05) is 17.8 Å². The van der Waals surface area contributed by atoms with Gasteiger partial charge in [0, 0.05) is 17.2 Å². The van der Waals surface area contributed by atoms with Crippen LogP contribution in [-0.4, -0.2) is 15.2 Å². The maximum absolute atomic E-state index is 5.45. The number of nitrogens with one attached hydrogen (secondary N) is 1. The molecule has 0 aliphatic heterocycles. The molecule has 1 aliphatic rings. The second-order valence-electron chi connectivity index (χ2n) is 4.77. The third-order valence-corrected chi connectivity index (χ3v) is 4.23. The maximum Gasteiger partial charge on any atom is 0.144 e. The molecular weight excluding hydrogens is 232 g/mol. The van der Waals surface area contributed by atoms with Crippen molar-refractivity contribution >= 4 is 17.6 Å². The summed E-state index contributed by atoms with van der Waals surface area (Å²) in [6, 6.07) is 1.94. The minimum Gasteiger partial charge on any atom is -0.308 e. The molecule has 0 atom stereocenters. The van der Waals surface area contributed by atoms with Crippen molar-refractivity contribution in [1.82, 2.24) is 9.97 Å². The number of rotatable bonds is 4. The predicted molar refractivity (Wildman–Crippen MR) is 72.0 cm³/mol. The first-order valence-electron chi connectivity index (χ1n) is 6.21. The van der Waals surface area contributed by atoms with Gasteiger partial charge in [-0.25, -0.2) is 15.8 Å². The van der Waals surface area contributed by atoms with Crippen LogP contribution in [0.4, 0.5) is 5.82 Å². The summed E-state index contributed by atoms with van der Waals surface area (Å²) in [7, 11) is 0. The van der Waals surface area contributed by atoms with Crippen LogP contribution in [0.25, 0.3) is 0 Å². The van der Waals surface area contributed by atoms with Gasteiger partial charge in [0.2, 0.25) is 0 Å². The van der Waals surface area contributed by atoms with Crippen molar-refractivity contribution in [3.63, 3.8) is 0 Å². The molecule has 0 bridgehead atoms. The van der Waals surface area contributed by atoms with E-state index in [1.54, 1.807) is 0 Å². The topological polar surface area (TPSA) is 63.8 Å². The van der Waals surface area contributed by atoms with Crippen molar-refractivity contribution in [3.05, 3.63) is 11.9 Å². The summed E-state index contributed by atoms with van der Waals surface area (Å²) in [5.74, 6) is 7.35. The number of nitrogen functional groups attached to an aromatic ring is 1. The van der Waals surface area contributed by atoms with Gasteiger partial charge in [0.15, 0.2) is 0 Å². The lowest BCUT2D eigenvalue weighted by atomic mass is 10.2. The van der Waals surface area contributed by atoms with Crippen LogP contribution in [0.5, 0.6) is 0 Å². The van der Waals surface area contributed by atoms with E-state index in [0.717, 1.165) is 16.1 Å². The third kappa shape index (κ3) is 3.33. The van der Waals surface area contributed by atoms with Crippen LogP contribution in [-0.2, 0) is 0 Å². The third-order valence-electron chi connectivity index (χ3n) is 2.97.